The van der Waals surface area contributed by atoms with Crippen LogP contribution in [0.2, 0.25) is 0 Å². The summed E-state index contributed by atoms with van der Waals surface area (Å²) < 4.78 is 16.0. The monoisotopic (exact) mass is 503 g/mol. The first kappa shape index (κ1) is 21.1. The molecule has 6 nitrogen and oxygen atoms in total. The van der Waals surface area contributed by atoms with Gasteiger partial charge >= 0.3 is 0 Å². The Labute approximate surface area is 198 Å². The summed E-state index contributed by atoms with van der Waals surface area (Å²) in [7, 11) is 0. The average molecular weight is 504 g/mol. The number of anilines is 2. The molecule has 5 rings (SSSR count). The van der Waals surface area contributed by atoms with Gasteiger partial charge in [-0.05, 0) is 61.0 Å². The summed E-state index contributed by atoms with van der Waals surface area (Å²) in [6.45, 7) is 1.85. The van der Waals surface area contributed by atoms with Crippen molar-refractivity contribution in [3.63, 3.8) is 0 Å². The molecule has 0 spiro atoms. The molecule has 33 heavy (non-hydrogen) atoms. The second kappa shape index (κ2) is 8.63. The number of benzene rings is 3. The molecular formula is C25H19BrFN5O. The van der Waals surface area contributed by atoms with Crippen molar-refractivity contribution < 1.29 is 9.18 Å². The van der Waals surface area contributed by atoms with Gasteiger partial charge in [-0.3, -0.25) is 4.79 Å². The highest BCUT2D eigenvalue weighted by molar-refractivity contribution is 9.10. The normalized spacial score (nSPS) is 15.1. The van der Waals surface area contributed by atoms with Crippen LogP contribution in [0, 0.1) is 5.82 Å². The predicted octanol–water partition coefficient (Wildman–Crippen LogP) is 5.77. The molecule has 3 aromatic carbocycles. The van der Waals surface area contributed by atoms with Crippen molar-refractivity contribution >= 4 is 33.5 Å². The molecule has 1 unspecified atom stereocenters. The van der Waals surface area contributed by atoms with Crippen LogP contribution in [-0.4, -0.2) is 20.7 Å². The maximum absolute atomic E-state index is 13.4. The lowest BCUT2D eigenvalue weighted by atomic mass is 9.95. The fourth-order valence-electron chi connectivity index (χ4n) is 3.84. The Morgan fingerprint density at radius 2 is 1.73 bits per heavy atom. The van der Waals surface area contributed by atoms with Crippen molar-refractivity contribution in [3.8, 4) is 11.4 Å². The highest BCUT2D eigenvalue weighted by atomic mass is 79.9. The van der Waals surface area contributed by atoms with Gasteiger partial charge in [-0.1, -0.05) is 46.3 Å². The number of hydrogen-bond acceptors (Lipinski definition) is 4. The maximum atomic E-state index is 13.4. The zero-order chi connectivity index (χ0) is 22.9. The van der Waals surface area contributed by atoms with E-state index in [9.17, 15) is 9.18 Å². The van der Waals surface area contributed by atoms with Gasteiger partial charge in [-0.15, -0.1) is 5.10 Å². The lowest BCUT2D eigenvalue weighted by Gasteiger charge is -2.28. The summed E-state index contributed by atoms with van der Waals surface area (Å²) in [6.07, 6.45) is 0. The number of amides is 1. The van der Waals surface area contributed by atoms with Gasteiger partial charge in [-0.25, -0.2) is 9.07 Å². The van der Waals surface area contributed by atoms with Crippen LogP contribution in [0.5, 0.6) is 0 Å². The largest absolute Gasteiger partial charge is 0.328 e. The third-order valence-corrected chi connectivity index (χ3v) is 5.95. The standard InChI is InChI=1S/C25H19BrFN5O/c1-15-21(24(33)29-20-5-3-2-4-6-20)22(16-7-11-18(26)12-8-16)32-25(28-15)30-23(31-32)17-9-13-19(27)14-10-17/h2-14,22H,1H3,(H,29,33)(H,28,30,31). The molecular weight excluding hydrogens is 485 g/mol. The van der Waals surface area contributed by atoms with Crippen molar-refractivity contribution in [2.45, 2.75) is 13.0 Å². The minimum Gasteiger partial charge on any atom is -0.328 e. The molecule has 1 aliphatic rings. The molecule has 1 aliphatic heterocycles. The van der Waals surface area contributed by atoms with Gasteiger partial charge in [-0.2, -0.15) is 4.98 Å². The van der Waals surface area contributed by atoms with Crippen LogP contribution in [-0.2, 0) is 4.79 Å². The summed E-state index contributed by atoms with van der Waals surface area (Å²) in [5.74, 6) is 0.391. The summed E-state index contributed by atoms with van der Waals surface area (Å²) in [4.78, 5) is 18.0. The van der Waals surface area contributed by atoms with E-state index < -0.39 is 6.04 Å². The Morgan fingerprint density at radius 3 is 2.42 bits per heavy atom. The maximum Gasteiger partial charge on any atom is 0.255 e. The Bertz CT molecular complexity index is 1350. The Hall–Kier alpha value is -3.78. The van der Waals surface area contributed by atoms with E-state index >= 15 is 0 Å². The van der Waals surface area contributed by atoms with E-state index in [2.05, 4.69) is 31.5 Å². The van der Waals surface area contributed by atoms with Crippen LogP contribution >= 0.6 is 15.9 Å². The van der Waals surface area contributed by atoms with E-state index in [4.69, 9.17) is 5.10 Å². The van der Waals surface area contributed by atoms with Gasteiger partial charge < -0.3 is 10.6 Å². The number of rotatable bonds is 4. The summed E-state index contributed by atoms with van der Waals surface area (Å²) >= 11 is 3.47. The molecule has 4 aromatic rings. The minimum absolute atomic E-state index is 0.233. The molecule has 0 radical (unpaired) electrons. The van der Waals surface area contributed by atoms with Crippen LogP contribution in [0.1, 0.15) is 18.5 Å². The highest BCUT2D eigenvalue weighted by Gasteiger charge is 2.34. The summed E-state index contributed by atoms with van der Waals surface area (Å²) in [5, 5.41) is 10.9. The first-order chi connectivity index (χ1) is 16.0. The quantitative estimate of drug-likeness (QED) is 0.370. The zero-order valence-electron chi connectivity index (χ0n) is 17.6. The summed E-state index contributed by atoms with van der Waals surface area (Å²) in [6, 6.07) is 22.6. The number of carbonyl (C=O) groups excluding carboxylic acids is 1. The van der Waals surface area contributed by atoms with Crippen molar-refractivity contribution in [2.24, 2.45) is 0 Å². The molecule has 1 aromatic heterocycles. The Balaban J connectivity index is 1.60. The topological polar surface area (TPSA) is 71.8 Å². The van der Waals surface area contributed by atoms with Gasteiger partial charge in [0.2, 0.25) is 5.95 Å². The molecule has 0 fully saturated rings. The fraction of sp³-hybridized carbons (Fsp3) is 0.0800. The van der Waals surface area contributed by atoms with Gasteiger partial charge in [0, 0.05) is 21.4 Å². The van der Waals surface area contributed by atoms with Gasteiger partial charge in [0.25, 0.3) is 5.91 Å². The molecule has 2 N–H and O–H groups in total. The van der Waals surface area contributed by atoms with Gasteiger partial charge in [0.1, 0.15) is 11.9 Å². The zero-order valence-corrected chi connectivity index (χ0v) is 19.2. The fourth-order valence-corrected chi connectivity index (χ4v) is 4.10. The molecule has 2 heterocycles. The van der Waals surface area contributed by atoms with Crippen LogP contribution in [0.4, 0.5) is 16.0 Å². The van der Waals surface area contributed by atoms with Crippen LogP contribution in [0.15, 0.2) is 94.6 Å². The van der Waals surface area contributed by atoms with Gasteiger partial charge in [0.05, 0.1) is 5.57 Å². The number of nitrogens with zero attached hydrogens (tertiary/aromatic N) is 3. The molecule has 1 atom stereocenters. The van der Waals surface area contributed by atoms with Crippen LogP contribution in [0.25, 0.3) is 11.4 Å². The number of nitrogens with one attached hydrogen (secondary N) is 2. The van der Waals surface area contributed by atoms with Crippen LogP contribution in [0.3, 0.4) is 0 Å². The number of allylic oxidation sites excluding steroid dienone is 1. The van der Waals surface area contributed by atoms with Crippen LogP contribution < -0.4 is 10.6 Å². The molecule has 164 valence electrons. The lowest BCUT2D eigenvalue weighted by Crippen LogP contribution is -2.31. The molecule has 0 aliphatic carbocycles. The molecule has 8 heteroatoms. The first-order valence-corrected chi connectivity index (χ1v) is 11.1. The number of halogens is 2. The number of para-hydroxylation sites is 1. The van der Waals surface area contributed by atoms with Crippen molar-refractivity contribution in [3.05, 3.63) is 106 Å². The Kier molecular flexibility index (Phi) is 5.51. The van der Waals surface area contributed by atoms with Crippen molar-refractivity contribution in [1.82, 2.24) is 14.8 Å². The van der Waals surface area contributed by atoms with Crippen molar-refractivity contribution in [2.75, 3.05) is 10.6 Å². The predicted molar refractivity (Wildman–Crippen MR) is 129 cm³/mol. The molecule has 0 bridgehead atoms. The Morgan fingerprint density at radius 1 is 1.03 bits per heavy atom. The van der Waals surface area contributed by atoms with E-state index in [1.807, 2.05) is 61.5 Å². The second-order valence-corrected chi connectivity index (χ2v) is 8.56. The molecule has 1 amide bonds. The van der Waals surface area contributed by atoms with Gasteiger partial charge in [0.15, 0.2) is 5.82 Å². The second-order valence-electron chi connectivity index (χ2n) is 7.65. The SMILES string of the molecule is CC1=C(C(=O)Nc2ccccc2)C(c2ccc(Br)cc2)n2nc(-c3ccc(F)cc3)nc2N1. The van der Waals surface area contributed by atoms with Crippen molar-refractivity contribution in [1.29, 1.82) is 0 Å². The third-order valence-electron chi connectivity index (χ3n) is 5.42. The van der Waals surface area contributed by atoms with E-state index in [0.29, 0.717) is 34.3 Å². The minimum atomic E-state index is -0.500. The number of aromatic nitrogens is 3. The van der Waals surface area contributed by atoms with E-state index in [-0.39, 0.29) is 11.7 Å². The summed E-state index contributed by atoms with van der Waals surface area (Å²) in [5.41, 5.74) is 3.48. The first-order valence-electron chi connectivity index (χ1n) is 10.3. The van der Waals surface area contributed by atoms with E-state index in [1.165, 1.54) is 12.1 Å². The van der Waals surface area contributed by atoms with E-state index in [1.54, 1.807) is 16.8 Å². The lowest BCUT2D eigenvalue weighted by molar-refractivity contribution is -0.113. The van der Waals surface area contributed by atoms with E-state index in [0.717, 1.165) is 10.0 Å². The molecule has 0 saturated carbocycles. The number of carbonyl (C=O) groups is 1. The third kappa shape index (κ3) is 4.17. The highest BCUT2D eigenvalue weighted by Crippen LogP contribution is 2.37. The number of hydrogen-bond donors (Lipinski definition) is 2. The number of fused-ring (bicyclic) bond motifs is 1. The smallest absolute Gasteiger partial charge is 0.255 e. The average Bonchev–Trinajstić information content (AvgIpc) is 3.23. The molecule has 0 saturated heterocycles.